The molecule has 6 rings (SSSR count). The van der Waals surface area contributed by atoms with Crippen molar-refractivity contribution in [1.29, 1.82) is 0 Å². The highest BCUT2D eigenvalue weighted by Crippen LogP contribution is 2.49. The Hall–Kier alpha value is -2.60. The molecule has 2 aliphatic heterocycles. The first-order valence-electron chi connectivity index (χ1n) is 10.9. The fraction of sp³-hybridized carbons (Fsp3) is 0.650. The molecule has 2 aliphatic carbocycles. The van der Waals surface area contributed by atoms with Crippen molar-refractivity contribution in [3.8, 4) is 5.88 Å². The molecule has 4 atom stereocenters. The van der Waals surface area contributed by atoms with Gasteiger partial charge in [-0.1, -0.05) is 0 Å². The highest BCUT2D eigenvalue weighted by Gasteiger charge is 2.41. The lowest BCUT2D eigenvalue weighted by Gasteiger charge is -2.33. The van der Waals surface area contributed by atoms with Gasteiger partial charge in [-0.15, -0.1) is 0 Å². The molecule has 32 heavy (non-hydrogen) atoms. The number of ether oxygens (including phenoxy) is 2. The molecule has 4 aliphatic rings. The van der Waals surface area contributed by atoms with Gasteiger partial charge < -0.3 is 25.2 Å². The van der Waals surface area contributed by atoms with E-state index in [0.717, 1.165) is 31.2 Å². The summed E-state index contributed by atoms with van der Waals surface area (Å²) in [5, 5.41) is 21.0. The maximum absolute atomic E-state index is 13.6. The van der Waals surface area contributed by atoms with E-state index in [4.69, 9.17) is 14.6 Å². The van der Waals surface area contributed by atoms with Crippen LogP contribution in [0, 0.1) is 5.92 Å². The quantitative estimate of drug-likeness (QED) is 0.639. The van der Waals surface area contributed by atoms with Crippen LogP contribution in [-0.2, 0) is 10.9 Å². The molecule has 12 heteroatoms. The van der Waals surface area contributed by atoms with Gasteiger partial charge in [0.2, 0.25) is 11.8 Å². The van der Waals surface area contributed by atoms with E-state index >= 15 is 0 Å². The molecule has 2 aromatic rings. The molecule has 0 aromatic carbocycles. The number of hydrogen-bond donors (Lipinski definition) is 3. The first-order valence-corrected chi connectivity index (χ1v) is 10.9. The van der Waals surface area contributed by atoms with Crippen molar-refractivity contribution in [3.63, 3.8) is 0 Å². The summed E-state index contributed by atoms with van der Waals surface area (Å²) >= 11 is 0. The van der Waals surface area contributed by atoms with Gasteiger partial charge in [0.1, 0.15) is 17.1 Å². The van der Waals surface area contributed by atoms with Gasteiger partial charge in [-0.25, -0.2) is 9.67 Å². The zero-order valence-corrected chi connectivity index (χ0v) is 17.1. The van der Waals surface area contributed by atoms with Gasteiger partial charge in [0.15, 0.2) is 0 Å². The summed E-state index contributed by atoms with van der Waals surface area (Å²) in [6.45, 7) is 0.837. The highest BCUT2D eigenvalue weighted by atomic mass is 19.4. The molecular weight excluding hydrogens is 429 g/mol. The van der Waals surface area contributed by atoms with Crippen LogP contribution in [0.15, 0.2) is 6.20 Å². The van der Waals surface area contributed by atoms with Crippen LogP contribution in [0.25, 0.3) is 0 Å². The highest BCUT2D eigenvalue weighted by molar-refractivity contribution is 5.66. The van der Waals surface area contributed by atoms with E-state index in [1.165, 1.54) is 0 Å². The van der Waals surface area contributed by atoms with E-state index in [0.29, 0.717) is 24.6 Å². The molecular formula is C20H23F3N6O3. The Morgan fingerprint density at radius 2 is 1.97 bits per heavy atom. The average Bonchev–Trinajstić information content (AvgIpc) is 3.40. The molecule has 2 aromatic heterocycles. The molecule has 4 heterocycles. The summed E-state index contributed by atoms with van der Waals surface area (Å²) in [7, 11) is 0. The number of halogens is 3. The Morgan fingerprint density at radius 3 is 2.66 bits per heavy atom. The van der Waals surface area contributed by atoms with Crippen LogP contribution < -0.4 is 15.4 Å². The molecule has 2 saturated carbocycles. The maximum atomic E-state index is 13.6. The average molecular weight is 452 g/mol. The number of nitrogens with zero attached hydrogens (tertiary/aromatic N) is 4. The molecule has 3 fully saturated rings. The second-order valence-corrected chi connectivity index (χ2v) is 8.93. The second kappa shape index (κ2) is 7.20. The number of aliphatic hydroxyl groups is 1. The van der Waals surface area contributed by atoms with E-state index in [2.05, 4.69) is 20.6 Å². The Kier molecular flexibility index (Phi) is 4.51. The lowest BCUT2D eigenvalue weighted by atomic mass is 9.89. The lowest BCUT2D eigenvalue weighted by Crippen LogP contribution is -2.36. The molecule has 0 amide bonds. The number of aliphatic hydroxyl groups excluding tert-OH is 1. The first-order chi connectivity index (χ1) is 15.4. The first kappa shape index (κ1) is 20.0. The van der Waals surface area contributed by atoms with Crippen molar-refractivity contribution < 1.29 is 27.8 Å². The summed E-state index contributed by atoms with van der Waals surface area (Å²) in [6.07, 6.45) is -0.902. The van der Waals surface area contributed by atoms with E-state index in [9.17, 15) is 18.3 Å². The number of hydrogen-bond acceptors (Lipinski definition) is 8. The Balaban J connectivity index is 1.47. The predicted octanol–water partition coefficient (Wildman–Crippen LogP) is 2.83. The molecule has 0 spiro atoms. The Bertz CT molecular complexity index is 1040. The Labute approximate surface area is 181 Å². The number of rotatable bonds is 2. The summed E-state index contributed by atoms with van der Waals surface area (Å²) in [5.41, 5.74) is 0.412. The fourth-order valence-corrected chi connectivity index (χ4v) is 4.46. The number of nitrogens with one attached hydrogen (secondary N) is 2. The van der Waals surface area contributed by atoms with E-state index in [-0.39, 0.29) is 42.9 Å². The predicted molar refractivity (Wildman–Crippen MR) is 106 cm³/mol. The standard InChI is InChI=1S/C20H23F3N6O3/c21-20(22,23)11-5-24-19-26-16-15(9-1-2-9)28-29(13-3-4-14(13)30)18(16)32-7-10-6-31-8-12(10)25-17(11)27-19/h5,9-10,12-14,30H,1-4,6-8H2,(H2,24,25,26,27)/t10-,12+,13+,14+/m0/s1. The SMILES string of the molecule is O[C@@H]1CC[C@H]1n1nc(C2CC2)c2c1OC[C@@H]1COC[C@H]1Nc1nc(ncc1C(F)(F)F)N2. The number of alkyl halides is 3. The van der Waals surface area contributed by atoms with Crippen molar-refractivity contribution in [2.24, 2.45) is 5.92 Å². The van der Waals surface area contributed by atoms with Gasteiger partial charge in [0.05, 0.1) is 43.7 Å². The zero-order valence-electron chi connectivity index (χ0n) is 17.1. The summed E-state index contributed by atoms with van der Waals surface area (Å²) in [5.74, 6) is 0.262. The summed E-state index contributed by atoms with van der Waals surface area (Å²) in [4.78, 5) is 8.11. The van der Waals surface area contributed by atoms with Gasteiger partial charge in [-0.2, -0.15) is 23.3 Å². The van der Waals surface area contributed by atoms with Crippen LogP contribution in [-0.4, -0.2) is 56.8 Å². The number of aromatic nitrogens is 4. The van der Waals surface area contributed by atoms with E-state index in [1.54, 1.807) is 4.68 Å². The van der Waals surface area contributed by atoms with Crippen molar-refractivity contribution >= 4 is 17.5 Å². The van der Waals surface area contributed by atoms with E-state index in [1.807, 2.05) is 0 Å². The molecule has 0 unspecified atom stereocenters. The minimum Gasteiger partial charge on any atom is -0.476 e. The maximum Gasteiger partial charge on any atom is 0.421 e. The van der Waals surface area contributed by atoms with Crippen molar-refractivity contribution in [1.82, 2.24) is 19.7 Å². The van der Waals surface area contributed by atoms with Gasteiger partial charge in [-0.05, 0) is 25.7 Å². The lowest BCUT2D eigenvalue weighted by molar-refractivity contribution is -0.137. The van der Waals surface area contributed by atoms with Gasteiger partial charge in [0.25, 0.3) is 0 Å². The second-order valence-electron chi connectivity index (χ2n) is 8.93. The van der Waals surface area contributed by atoms with Crippen LogP contribution >= 0.6 is 0 Å². The van der Waals surface area contributed by atoms with Crippen molar-refractivity contribution in [2.75, 3.05) is 30.5 Å². The third kappa shape index (κ3) is 3.36. The largest absolute Gasteiger partial charge is 0.476 e. The van der Waals surface area contributed by atoms with Crippen LogP contribution in [0.3, 0.4) is 0 Å². The van der Waals surface area contributed by atoms with Gasteiger partial charge in [-0.3, -0.25) is 0 Å². The minimum absolute atomic E-state index is 0.0262. The summed E-state index contributed by atoms with van der Waals surface area (Å²) < 4.78 is 54.3. The number of anilines is 3. The van der Waals surface area contributed by atoms with E-state index < -0.39 is 23.9 Å². The topological polar surface area (TPSA) is 106 Å². The van der Waals surface area contributed by atoms with Gasteiger partial charge in [0, 0.05) is 18.0 Å². The van der Waals surface area contributed by atoms with Crippen LogP contribution in [0.4, 0.5) is 30.6 Å². The zero-order chi connectivity index (χ0) is 22.0. The number of fused-ring (bicyclic) bond motifs is 4. The molecule has 2 bridgehead atoms. The van der Waals surface area contributed by atoms with Crippen LogP contribution in [0.1, 0.15) is 48.9 Å². The monoisotopic (exact) mass is 452 g/mol. The Morgan fingerprint density at radius 1 is 1.12 bits per heavy atom. The van der Waals surface area contributed by atoms with Crippen LogP contribution in [0.2, 0.25) is 0 Å². The summed E-state index contributed by atoms with van der Waals surface area (Å²) in [6, 6.07) is -0.588. The molecule has 172 valence electrons. The molecule has 9 nitrogen and oxygen atoms in total. The molecule has 3 N–H and O–H groups in total. The smallest absolute Gasteiger partial charge is 0.421 e. The molecule has 0 radical (unpaired) electrons. The molecule has 1 saturated heterocycles. The van der Waals surface area contributed by atoms with Gasteiger partial charge >= 0.3 is 6.18 Å². The van der Waals surface area contributed by atoms with Crippen molar-refractivity contribution in [3.05, 3.63) is 17.5 Å². The fourth-order valence-electron chi connectivity index (χ4n) is 4.46. The minimum atomic E-state index is -4.60. The van der Waals surface area contributed by atoms with Crippen LogP contribution in [0.5, 0.6) is 5.88 Å². The third-order valence-electron chi connectivity index (χ3n) is 6.66. The van der Waals surface area contributed by atoms with Crippen molar-refractivity contribution in [2.45, 2.75) is 56.0 Å². The third-order valence-corrected chi connectivity index (χ3v) is 6.66. The normalized spacial score (nSPS) is 29.5.